The van der Waals surface area contributed by atoms with Gasteiger partial charge in [0.25, 0.3) is 0 Å². The van der Waals surface area contributed by atoms with Crippen molar-refractivity contribution in [1.82, 2.24) is 0 Å². The molecule has 2 N–H and O–H groups in total. The largest absolute Gasteiger partial charge is 0.462 e. The molecule has 0 spiro atoms. The molecule has 5 rings (SSSR count). The molecule has 4 heteroatoms. The number of ether oxygens (including phenoxy) is 1. The summed E-state index contributed by atoms with van der Waals surface area (Å²) in [4.78, 5) is 14.2. The van der Waals surface area contributed by atoms with Crippen LogP contribution < -0.4 is 4.90 Å². The van der Waals surface area contributed by atoms with E-state index >= 15 is 0 Å². The Morgan fingerprint density at radius 3 is 2.17 bits per heavy atom. The monoisotopic (exact) mass is 322 g/mol. The number of nitrogens with one attached hydrogen (secondary N) is 1. The molecule has 5 fully saturated rings. The fourth-order valence-electron chi connectivity index (χ4n) is 6.33. The second-order valence-corrected chi connectivity index (χ2v) is 8.96. The quantitative estimate of drug-likeness (QED) is 0.747. The summed E-state index contributed by atoms with van der Waals surface area (Å²) in [5.41, 5.74) is -0.188. The van der Waals surface area contributed by atoms with Gasteiger partial charge in [0.15, 0.2) is 0 Å². The summed E-state index contributed by atoms with van der Waals surface area (Å²) in [6.45, 7) is 3.23. The maximum atomic E-state index is 12.8. The van der Waals surface area contributed by atoms with Gasteiger partial charge in [-0.25, -0.2) is 0 Å². The van der Waals surface area contributed by atoms with Crippen molar-refractivity contribution in [2.24, 2.45) is 23.2 Å². The Labute approximate surface area is 139 Å². The molecular weight excluding hydrogens is 290 g/mol. The van der Waals surface area contributed by atoms with Crippen LogP contribution in [0.15, 0.2) is 0 Å². The van der Waals surface area contributed by atoms with Gasteiger partial charge in [0.2, 0.25) is 0 Å². The van der Waals surface area contributed by atoms with Crippen molar-refractivity contribution >= 4 is 5.97 Å². The first kappa shape index (κ1) is 15.9. The van der Waals surface area contributed by atoms with E-state index in [1.807, 2.05) is 0 Å². The second-order valence-electron chi connectivity index (χ2n) is 8.96. The number of aliphatic hydroxyl groups is 1. The van der Waals surface area contributed by atoms with E-state index < -0.39 is 6.10 Å². The minimum absolute atomic E-state index is 0.00398. The van der Waals surface area contributed by atoms with E-state index in [1.54, 1.807) is 0 Å². The molecule has 0 aromatic rings. The van der Waals surface area contributed by atoms with Crippen molar-refractivity contribution in [2.45, 2.75) is 63.9 Å². The molecule has 1 atom stereocenters. The lowest BCUT2D eigenvalue weighted by Crippen LogP contribution is -3.14. The Balaban J connectivity index is 1.28. The van der Waals surface area contributed by atoms with Gasteiger partial charge in [-0.1, -0.05) is 0 Å². The predicted molar refractivity (Wildman–Crippen MR) is 87.0 cm³/mol. The molecule has 4 aliphatic carbocycles. The highest BCUT2D eigenvalue weighted by Gasteiger charge is 2.55. The van der Waals surface area contributed by atoms with Crippen LogP contribution >= 0.6 is 0 Å². The summed E-state index contributed by atoms with van der Waals surface area (Å²) in [5.74, 6) is 2.29. The maximum absolute atomic E-state index is 12.8. The van der Waals surface area contributed by atoms with Crippen molar-refractivity contribution < 1.29 is 19.5 Å². The number of carbonyl (C=O) groups is 1. The Hall–Kier alpha value is -0.610. The molecule has 4 saturated carbocycles. The molecule has 0 amide bonds. The van der Waals surface area contributed by atoms with Crippen LogP contribution in [0.5, 0.6) is 0 Å². The van der Waals surface area contributed by atoms with E-state index in [9.17, 15) is 9.90 Å². The van der Waals surface area contributed by atoms with Gasteiger partial charge in [-0.3, -0.25) is 4.79 Å². The van der Waals surface area contributed by atoms with E-state index in [2.05, 4.69) is 0 Å². The number of carbonyl (C=O) groups excluding carboxylic acids is 1. The molecule has 4 bridgehead atoms. The number of rotatable bonds is 5. The minimum atomic E-state index is -0.499. The molecule has 0 radical (unpaired) electrons. The molecule has 23 heavy (non-hydrogen) atoms. The first-order valence-electron chi connectivity index (χ1n) is 9.82. The van der Waals surface area contributed by atoms with E-state index in [0.29, 0.717) is 0 Å². The molecule has 0 aromatic heterocycles. The van der Waals surface area contributed by atoms with Crippen LogP contribution in [0, 0.1) is 23.2 Å². The van der Waals surface area contributed by atoms with Crippen LogP contribution in [0.25, 0.3) is 0 Å². The summed E-state index contributed by atoms with van der Waals surface area (Å²) in [6.07, 6.45) is 10.5. The van der Waals surface area contributed by atoms with Gasteiger partial charge >= 0.3 is 5.97 Å². The number of hydrogen-bond acceptors (Lipinski definition) is 3. The summed E-state index contributed by atoms with van der Waals surface area (Å²) < 4.78 is 5.63. The number of quaternary nitrogens is 1. The molecule has 1 saturated heterocycles. The van der Waals surface area contributed by atoms with Crippen LogP contribution in [-0.4, -0.2) is 43.4 Å². The van der Waals surface area contributed by atoms with Gasteiger partial charge in [-0.15, -0.1) is 0 Å². The van der Waals surface area contributed by atoms with Crippen molar-refractivity contribution in [3.8, 4) is 0 Å². The first-order valence-corrected chi connectivity index (χ1v) is 9.82. The minimum Gasteiger partial charge on any atom is -0.462 e. The Bertz CT molecular complexity index is 409. The van der Waals surface area contributed by atoms with Crippen LogP contribution in [0.1, 0.15) is 57.8 Å². The van der Waals surface area contributed by atoms with Crippen molar-refractivity contribution in [1.29, 1.82) is 0 Å². The molecule has 0 unspecified atom stereocenters. The van der Waals surface area contributed by atoms with Crippen LogP contribution in [-0.2, 0) is 9.53 Å². The average molecular weight is 322 g/mol. The molecular formula is C19H32NO3+. The summed E-state index contributed by atoms with van der Waals surface area (Å²) >= 11 is 0. The topological polar surface area (TPSA) is 51.0 Å². The zero-order chi connectivity index (χ0) is 15.9. The predicted octanol–water partition coefficient (Wildman–Crippen LogP) is 1.18. The summed E-state index contributed by atoms with van der Waals surface area (Å²) in [6, 6.07) is 0. The Morgan fingerprint density at radius 1 is 1.04 bits per heavy atom. The molecule has 1 aliphatic heterocycles. The Morgan fingerprint density at radius 2 is 1.61 bits per heavy atom. The lowest BCUT2D eigenvalue weighted by atomic mass is 9.49. The van der Waals surface area contributed by atoms with E-state index in [1.165, 1.54) is 43.4 Å². The molecule has 1 heterocycles. The smallest absolute Gasteiger partial charge is 0.312 e. The zero-order valence-electron chi connectivity index (χ0n) is 14.3. The Kier molecular flexibility index (Phi) is 4.39. The first-order chi connectivity index (χ1) is 11.1. The van der Waals surface area contributed by atoms with Crippen molar-refractivity contribution in [3.05, 3.63) is 0 Å². The highest BCUT2D eigenvalue weighted by Crippen LogP contribution is 2.60. The average Bonchev–Trinajstić information content (AvgIpc) is 2.52. The molecule has 130 valence electrons. The van der Waals surface area contributed by atoms with Gasteiger partial charge in [-0.05, 0) is 75.5 Å². The normalized spacial score (nSPS) is 41.0. The number of hydrogen-bond donors (Lipinski definition) is 2. The van der Waals surface area contributed by atoms with Gasteiger partial charge in [0, 0.05) is 0 Å². The van der Waals surface area contributed by atoms with Gasteiger partial charge in [-0.2, -0.15) is 0 Å². The van der Waals surface area contributed by atoms with E-state index in [0.717, 1.165) is 56.7 Å². The van der Waals surface area contributed by atoms with Gasteiger partial charge in [0.05, 0.1) is 18.5 Å². The molecule has 0 aromatic carbocycles. The SMILES string of the molecule is O=C(OC[C@@H](O)C[NH+]1CCCCC1)C12CC3CC(CC(C3)C1)C2. The second kappa shape index (κ2) is 6.36. The third kappa shape index (κ3) is 3.30. The van der Waals surface area contributed by atoms with E-state index in [-0.39, 0.29) is 18.0 Å². The fraction of sp³-hybridized carbons (Fsp3) is 0.947. The number of piperidine rings is 1. The fourth-order valence-corrected chi connectivity index (χ4v) is 6.33. The highest BCUT2D eigenvalue weighted by molar-refractivity contribution is 5.77. The highest BCUT2D eigenvalue weighted by atomic mass is 16.5. The van der Waals surface area contributed by atoms with Gasteiger partial charge < -0.3 is 14.7 Å². The zero-order valence-corrected chi connectivity index (χ0v) is 14.3. The maximum Gasteiger partial charge on any atom is 0.312 e. The lowest BCUT2D eigenvalue weighted by Gasteiger charge is -2.55. The standard InChI is InChI=1S/C19H31NO3/c21-17(12-20-4-2-1-3-5-20)13-23-18(22)19-9-14-6-15(10-19)8-16(7-14)11-19/h14-17,21H,1-13H2/p+1/t14?,15?,16?,17-,19?/m0/s1. The van der Waals surface area contributed by atoms with Crippen LogP contribution in [0.3, 0.4) is 0 Å². The lowest BCUT2D eigenvalue weighted by molar-refractivity contribution is -0.908. The van der Waals surface area contributed by atoms with Crippen molar-refractivity contribution in [3.63, 3.8) is 0 Å². The number of esters is 1. The van der Waals surface area contributed by atoms with E-state index in [4.69, 9.17) is 4.74 Å². The summed E-state index contributed by atoms with van der Waals surface area (Å²) in [7, 11) is 0. The van der Waals surface area contributed by atoms with Crippen LogP contribution in [0.2, 0.25) is 0 Å². The molecule has 4 nitrogen and oxygen atoms in total. The third-order valence-corrected chi connectivity index (χ3v) is 6.96. The number of likely N-dealkylation sites (tertiary alicyclic amines) is 1. The number of aliphatic hydroxyl groups excluding tert-OH is 1. The van der Waals surface area contributed by atoms with Gasteiger partial charge in [0.1, 0.15) is 19.3 Å². The van der Waals surface area contributed by atoms with Crippen LogP contribution in [0.4, 0.5) is 0 Å². The third-order valence-electron chi connectivity index (χ3n) is 6.96. The van der Waals surface area contributed by atoms with Crippen molar-refractivity contribution in [2.75, 3.05) is 26.2 Å². The molecule has 5 aliphatic rings. The summed E-state index contributed by atoms with van der Waals surface area (Å²) in [5, 5.41) is 10.2.